The topological polar surface area (TPSA) is 52.8 Å². The molecule has 28 heavy (non-hydrogen) atoms. The minimum Gasteiger partial charge on any atom is -0.497 e. The Kier molecular flexibility index (Phi) is 6.17. The van der Waals surface area contributed by atoms with Gasteiger partial charge in [-0.05, 0) is 48.7 Å². The number of nitrogens with zero attached hydrogens (tertiary/aromatic N) is 4. The maximum Gasteiger partial charge on any atom is 0.192 e. The highest BCUT2D eigenvalue weighted by molar-refractivity contribution is 7.98. The van der Waals surface area contributed by atoms with Crippen LogP contribution in [0.25, 0.3) is 11.4 Å². The van der Waals surface area contributed by atoms with Crippen LogP contribution in [0.4, 0.5) is 0 Å². The van der Waals surface area contributed by atoms with E-state index in [0.717, 1.165) is 33.6 Å². The van der Waals surface area contributed by atoms with Crippen molar-refractivity contribution in [2.24, 2.45) is 0 Å². The first-order valence-corrected chi connectivity index (χ1v) is 10.9. The third-order valence-corrected chi connectivity index (χ3v) is 6.35. The molecule has 7 heteroatoms. The first kappa shape index (κ1) is 19.3. The molecule has 0 unspecified atom stereocenters. The van der Waals surface area contributed by atoms with Crippen molar-refractivity contribution in [3.05, 3.63) is 53.3 Å². The number of hydrogen-bond acceptors (Lipinski definition) is 5. The van der Waals surface area contributed by atoms with Crippen LogP contribution in [0.3, 0.4) is 0 Å². The molecule has 4 rings (SSSR count). The molecule has 0 bridgehead atoms. The molecule has 0 N–H and O–H groups in total. The van der Waals surface area contributed by atoms with Crippen molar-refractivity contribution >= 4 is 23.4 Å². The number of thioether (sulfide) groups is 1. The maximum atomic E-state index is 5.90. The Morgan fingerprint density at radius 2 is 1.86 bits per heavy atom. The molecule has 0 radical (unpaired) electrons. The second kappa shape index (κ2) is 8.97. The van der Waals surface area contributed by atoms with Crippen molar-refractivity contribution in [2.75, 3.05) is 7.11 Å². The highest BCUT2D eigenvalue weighted by Gasteiger charge is 2.24. The van der Waals surface area contributed by atoms with Gasteiger partial charge in [0.15, 0.2) is 11.0 Å². The van der Waals surface area contributed by atoms with Crippen LogP contribution < -0.4 is 4.74 Å². The van der Waals surface area contributed by atoms with Crippen molar-refractivity contribution in [1.29, 1.82) is 0 Å². The quantitative estimate of drug-likeness (QED) is 0.377. The zero-order valence-corrected chi connectivity index (χ0v) is 17.4. The van der Waals surface area contributed by atoms with Crippen molar-refractivity contribution in [2.45, 2.75) is 49.1 Å². The molecule has 1 aliphatic carbocycles. The third kappa shape index (κ3) is 4.33. The molecule has 1 aromatic carbocycles. The number of aromatic nitrogens is 4. The Bertz CT molecular complexity index is 905. The summed E-state index contributed by atoms with van der Waals surface area (Å²) in [6, 6.07) is 12.3. The number of rotatable bonds is 6. The van der Waals surface area contributed by atoms with Gasteiger partial charge >= 0.3 is 0 Å². The maximum absolute atomic E-state index is 5.90. The second-order valence-corrected chi connectivity index (χ2v) is 8.30. The number of hydrogen-bond donors (Lipinski definition) is 0. The van der Waals surface area contributed by atoms with E-state index in [9.17, 15) is 0 Å². The number of benzene rings is 1. The van der Waals surface area contributed by atoms with Gasteiger partial charge in [0.1, 0.15) is 10.9 Å². The molecular weight excluding hydrogens is 392 g/mol. The van der Waals surface area contributed by atoms with Gasteiger partial charge in [-0.25, -0.2) is 4.98 Å². The van der Waals surface area contributed by atoms with E-state index in [1.807, 2.05) is 30.5 Å². The van der Waals surface area contributed by atoms with Crippen molar-refractivity contribution in [1.82, 2.24) is 19.7 Å². The van der Waals surface area contributed by atoms with Crippen LogP contribution in [0.5, 0.6) is 5.75 Å². The van der Waals surface area contributed by atoms with E-state index in [0.29, 0.717) is 11.2 Å². The summed E-state index contributed by atoms with van der Waals surface area (Å²) < 4.78 is 7.63. The van der Waals surface area contributed by atoms with Crippen LogP contribution in [-0.4, -0.2) is 26.9 Å². The van der Waals surface area contributed by atoms with Crippen molar-refractivity contribution < 1.29 is 4.74 Å². The summed E-state index contributed by atoms with van der Waals surface area (Å²) in [6.07, 6.45) is 8.01. The minimum atomic E-state index is 0.451. The van der Waals surface area contributed by atoms with E-state index in [2.05, 4.69) is 31.9 Å². The Labute approximate surface area is 174 Å². The van der Waals surface area contributed by atoms with Gasteiger partial charge in [-0.15, -0.1) is 10.2 Å². The molecule has 1 saturated carbocycles. The predicted octanol–water partition coefficient (Wildman–Crippen LogP) is 5.80. The summed E-state index contributed by atoms with van der Waals surface area (Å²) in [5.74, 6) is 2.57. The zero-order valence-electron chi connectivity index (χ0n) is 15.8. The average molecular weight is 415 g/mol. The smallest absolute Gasteiger partial charge is 0.192 e. The van der Waals surface area contributed by atoms with Crippen LogP contribution in [-0.2, 0) is 5.75 Å². The lowest BCUT2D eigenvalue weighted by Gasteiger charge is -2.25. The SMILES string of the molecule is COc1ccc(-c2nnc(SCc3ccc(Cl)nc3)n2C2CCCCC2)cc1. The zero-order chi connectivity index (χ0) is 19.3. The van der Waals surface area contributed by atoms with Crippen molar-refractivity contribution in [3.63, 3.8) is 0 Å². The molecule has 146 valence electrons. The van der Waals surface area contributed by atoms with Crippen LogP contribution in [0, 0.1) is 0 Å². The van der Waals surface area contributed by atoms with Gasteiger partial charge in [0, 0.05) is 23.6 Å². The van der Waals surface area contributed by atoms with Crippen LogP contribution >= 0.6 is 23.4 Å². The molecule has 0 saturated heterocycles. The monoisotopic (exact) mass is 414 g/mol. The number of halogens is 1. The molecular formula is C21H23ClN4OS. The van der Waals surface area contributed by atoms with E-state index in [-0.39, 0.29) is 0 Å². The lowest BCUT2D eigenvalue weighted by Crippen LogP contribution is -2.15. The molecule has 1 fully saturated rings. The highest BCUT2D eigenvalue weighted by Crippen LogP contribution is 2.36. The molecule has 2 heterocycles. The lowest BCUT2D eigenvalue weighted by atomic mass is 9.95. The molecule has 5 nitrogen and oxygen atoms in total. The van der Waals surface area contributed by atoms with Gasteiger partial charge in [-0.3, -0.25) is 4.57 Å². The van der Waals surface area contributed by atoms with Gasteiger partial charge in [-0.1, -0.05) is 48.7 Å². The standard InChI is InChI=1S/C21H23ClN4OS/c1-27-18-10-8-16(9-11-18)20-24-25-21(26(20)17-5-3-2-4-6-17)28-14-15-7-12-19(22)23-13-15/h7-13,17H,2-6,14H2,1H3. The molecule has 0 amide bonds. The van der Waals surface area contributed by atoms with Gasteiger partial charge in [0.2, 0.25) is 0 Å². The van der Waals surface area contributed by atoms with Gasteiger partial charge in [0.05, 0.1) is 7.11 Å². The first-order valence-electron chi connectivity index (χ1n) is 9.57. The fraction of sp³-hybridized carbons (Fsp3) is 0.381. The van der Waals surface area contributed by atoms with Crippen LogP contribution in [0.15, 0.2) is 47.8 Å². The summed E-state index contributed by atoms with van der Waals surface area (Å²) in [7, 11) is 1.68. The summed E-state index contributed by atoms with van der Waals surface area (Å²) >= 11 is 7.60. The van der Waals surface area contributed by atoms with E-state index in [1.165, 1.54) is 32.1 Å². The molecule has 0 aliphatic heterocycles. The van der Waals surface area contributed by atoms with E-state index >= 15 is 0 Å². The molecule has 3 aromatic rings. The second-order valence-electron chi connectivity index (χ2n) is 6.97. The molecule has 0 atom stereocenters. The normalized spacial score (nSPS) is 14.9. The largest absolute Gasteiger partial charge is 0.497 e. The minimum absolute atomic E-state index is 0.451. The van der Waals surface area contributed by atoms with Crippen molar-refractivity contribution in [3.8, 4) is 17.1 Å². The Morgan fingerprint density at radius 3 is 2.54 bits per heavy atom. The van der Waals surface area contributed by atoms with Gasteiger partial charge in [-0.2, -0.15) is 0 Å². The Morgan fingerprint density at radius 1 is 1.07 bits per heavy atom. The molecule has 1 aliphatic rings. The number of ether oxygens (including phenoxy) is 1. The fourth-order valence-electron chi connectivity index (χ4n) is 3.62. The number of pyridine rings is 1. The summed E-state index contributed by atoms with van der Waals surface area (Å²) in [4.78, 5) is 4.17. The van der Waals surface area contributed by atoms with Gasteiger partial charge < -0.3 is 4.74 Å². The summed E-state index contributed by atoms with van der Waals surface area (Å²) in [5.41, 5.74) is 2.19. The van der Waals surface area contributed by atoms with Gasteiger partial charge in [0.25, 0.3) is 0 Å². The van der Waals surface area contributed by atoms with E-state index < -0.39 is 0 Å². The lowest BCUT2D eigenvalue weighted by molar-refractivity contribution is 0.339. The summed E-state index contributed by atoms with van der Waals surface area (Å²) in [5, 5.41) is 10.6. The van der Waals surface area contributed by atoms with E-state index in [1.54, 1.807) is 18.9 Å². The Hall–Kier alpha value is -2.05. The predicted molar refractivity (Wildman–Crippen MR) is 113 cm³/mol. The first-order chi connectivity index (χ1) is 13.7. The highest BCUT2D eigenvalue weighted by atomic mass is 35.5. The Balaban J connectivity index is 1.63. The summed E-state index contributed by atoms with van der Waals surface area (Å²) in [6.45, 7) is 0. The van der Waals surface area contributed by atoms with E-state index in [4.69, 9.17) is 16.3 Å². The fourth-order valence-corrected chi connectivity index (χ4v) is 4.67. The molecule has 2 aromatic heterocycles. The van der Waals surface area contributed by atoms with Crippen LogP contribution in [0.2, 0.25) is 5.15 Å². The van der Waals surface area contributed by atoms with Crippen LogP contribution in [0.1, 0.15) is 43.7 Å². The molecule has 0 spiro atoms. The average Bonchev–Trinajstić information content (AvgIpc) is 3.18. The third-order valence-electron chi connectivity index (χ3n) is 5.11. The number of methoxy groups -OCH3 is 1.